The number of hydrogen-bond donors (Lipinski definition) is 1. The minimum Gasteiger partial charge on any atom is -0.324 e. The van der Waals surface area contributed by atoms with Crippen molar-refractivity contribution < 1.29 is 17.6 Å². The van der Waals surface area contributed by atoms with Gasteiger partial charge in [0, 0.05) is 6.04 Å². The lowest BCUT2D eigenvalue weighted by Crippen LogP contribution is -2.13. The fourth-order valence-electron chi connectivity index (χ4n) is 1.77. The molecule has 2 N–H and O–H groups in total. The molecule has 6 heteroatoms. The van der Waals surface area contributed by atoms with Gasteiger partial charge in [-0.2, -0.15) is 13.2 Å². The molecule has 0 spiro atoms. The average molecular weight is 300 g/mol. The molecule has 0 aliphatic carbocycles. The van der Waals surface area contributed by atoms with Crippen LogP contribution in [0.4, 0.5) is 17.6 Å². The minimum absolute atomic E-state index is 0. The monoisotopic (exact) mass is 299 g/mol. The molecule has 0 bridgehead atoms. The number of alkyl halides is 3. The highest BCUT2D eigenvalue weighted by Crippen LogP contribution is 2.32. The number of nitrogens with two attached hydrogens (primary N) is 1. The smallest absolute Gasteiger partial charge is 0.324 e. The minimum atomic E-state index is -4.66. The molecule has 0 aliphatic heterocycles. The van der Waals surface area contributed by atoms with Crippen molar-refractivity contribution >= 4 is 12.4 Å². The van der Waals surface area contributed by atoms with Crippen LogP contribution in [-0.4, -0.2) is 0 Å². The molecule has 0 unspecified atom stereocenters. The molecule has 0 radical (unpaired) electrons. The lowest BCUT2D eigenvalue weighted by Gasteiger charge is -2.14. The summed E-state index contributed by atoms with van der Waals surface area (Å²) in [5.41, 5.74) is 4.99. The SMILES string of the molecule is CCCCC[C@H](N)c1ccc(C(F)(F)F)c(F)c1.Cl. The van der Waals surface area contributed by atoms with Gasteiger partial charge in [-0.15, -0.1) is 12.4 Å². The maximum Gasteiger partial charge on any atom is 0.419 e. The molecule has 1 aromatic rings. The fourth-order valence-corrected chi connectivity index (χ4v) is 1.77. The summed E-state index contributed by atoms with van der Waals surface area (Å²) in [7, 11) is 0. The van der Waals surface area contributed by atoms with Crippen LogP contribution in [-0.2, 0) is 6.18 Å². The van der Waals surface area contributed by atoms with Gasteiger partial charge < -0.3 is 5.73 Å². The summed E-state index contributed by atoms with van der Waals surface area (Å²) in [4.78, 5) is 0. The summed E-state index contributed by atoms with van der Waals surface area (Å²) in [5, 5.41) is 0. The number of benzene rings is 1. The second-order valence-electron chi connectivity index (χ2n) is 4.34. The number of halogens is 5. The Hall–Kier alpha value is -0.810. The van der Waals surface area contributed by atoms with Gasteiger partial charge in [-0.1, -0.05) is 32.3 Å². The van der Waals surface area contributed by atoms with Crippen LogP contribution >= 0.6 is 12.4 Å². The second kappa shape index (κ2) is 7.70. The van der Waals surface area contributed by atoms with Gasteiger partial charge in [-0.3, -0.25) is 0 Å². The van der Waals surface area contributed by atoms with Crippen molar-refractivity contribution in [2.75, 3.05) is 0 Å². The topological polar surface area (TPSA) is 26.0 Å². The number of unbranched alkanes of at least 4 members (excludes halogenated alkanes) is 2. The predicted octanol–water partition coefficient (Wildman–Crippen LogP) is 4.85. The van der Waals surface area contributed by atoms with E-state index in [-0.39, 0.29) is 12.4 Å². The molecule has 0 heterocycles. The molecule has 0 aromatic heterocycles. The van der Waals surface area contributed by atoms with E-state index < -0.39 is 23.6 Å². The third-order valence-electron chi connectivity index (χ3n) is 2.85. The van der Waals surface area contributed by atoms with E-state index in [2.05, 4.69) is 0 Å². The Kier molecular flexibility index (Phi) is 7.37. The van der Waals surface area contributed by atoms with Crippen molar-refractivity contribution in [3.63, 3.8) is 0 Å². The summed E-state index contributed by atoms with van der Waals surface area (Å²) >= 11 is 0. The molecule has 19 heavy (non-hydrogen) atoms. The predicted molar refractivity (Wildman–Crippen MR) is 69.7 cm³/mol. The number of hydrogen-bond acceptors (Lipinski definition) is 1. The molecule has 0 amide bonds. The molecular weight excluding hydrogens is 282 g/mol. The van der Waals surface area contributed by atoms with Crippen LogP contribution in [0.5, 0.6) is 0 Å². The first-order chi connectivity index (χ1) is 8.36. The highest BCUT2D eigenvalue weighted by atomic mass is 35.5. The van der Waals surface area contributed by atoms with Crippen LogP contribution in [0.15, 0.2) is 18.2 Å². The summed E-state index contributed by atoms with van der Waals surface area (Å²) in [6.45, 7) is 2.04. The van der Waals surface area contributed by atoms with E-state index in [4.69, 9.17) is 5.73 Å². The van der Waals surface area contributed by atoms with E-state index >= 15 is 0 Å². The van der Waals surface area contributed by atoms with Crippen molar-refractivity contribution in [2.24, 2.45) is 5.73 Å². The van der Waals surface area contributed by atoms with E-state index in [1.165, 1.54) is 6.07 Å². The summed E-state index contributed by atoms with van der Waals surface area (Å²) in [6, 6.07) is 2.49. The summed E-state index contributed by atoms with van der Waals surface area (Å²) in [6.07, 6.45) is -1.07. The van der Waals surface area contributed by atoms with E-state index in [1.807, 2.05) is 6.92 Å². The Morgan fingerprint density at radius 1 is 1.21 bits per heavy atom. The molecular formula is C13H18ClF4N. The molecule has 1 aromatic carbocycles. The molecule has 110 valence electrons. The van der Waals surface area contributed by atoms with Gasteiger partial charge in [-0.25, -0.2) is 4.39 Å². The van der Waals surface area contributed by atoms with Crippen LogP contribution in [0.3, 0.4) is 0 Å². The zero-order valence-corrected chi connectivity index (χ0v) is 11.5. The maximum atomic E-state index is 13.3. The van der Waals surface area contributed by atoms with Crippen LogP contribution in [0.2, 0.25) is 0 Å². The Labute approximate surface area is 116 Å². The van der Waals surface area contributed by atoms with Crippen molar-refractivity contribution in [3.8, 4) is 0 Å². The lowest BCUT2D eigenvalue weighted by atomic mass is 9.99. The first kappa shape index (κ1) is 18.2. The van der Waals surface area contributed by atoms with Gasteiger partial charge >= 0.3 is 6.18 Å². The fraction of sp³-hybridized carbons (Fsp3) is 0.538. The quantitative estimate of drug-likeness (QED) is 0.610. The maximum absolute atomic E-state index is 13.3. The molecule has 0 saturated heterocycles. The second-order valence-corrected chi connectivity index (χ2v) is 4.34. The molecule has 1 nitrogen and oxygen atoms in total. The van der Waals surface area contributed by atoms with E-state index in [0.29, 0.717) is 12.0 Å². The normalized spacial score (nSPS) is 12.9. The van der Waals surface area contributed by atoms with Gasteiger partial charge in [0.15, 0.2) is 0 Å². The van der Waals surface area contributed by atoms with E-state index in [9.17, 15) is 17.6 Å². The largest absolute Gasteiger partial charge is 0.419 e. The van der Waals surface area contributed by atoms with Gasteiger partial charge in [-0.05, 0) is 24.1 Å². The van der Waals surface area contributed by atoms with E-state index in [0.717, 1.165) is 31.4 Å². The molecule has 0 fully saturated rings. The first-order valence-electron chi connectivity index (χ1n) is 5.98. The molecule has 0 saturated carbocycles. The highest BCUT2D eigenvalue weighted by Gasteiger charge is 2.34. The first-order valence-corrected chi connectivity index (χ1v) is 5.98. The Bertz CT molecular complexity index is 393. The van der Waals surface area contributed by atoms with Crippen molar-refractivity contribution in [1.29, 1.82) is 0 Å². The highest BCUT2D eigenvalue weighted by molar-refractivity contribution is 5.85. The zero-order chi connectivity index (χ0) is 13.8. The summed E-state index contributed by atoms with van der Waals surface area (Å²) in [5.74, 6) is -1.26. The molecule has 1 atom stereocenters. The third-order valence-corrected chi connectivity index (χ3v) is 2.85. The zero-order valence-electron chi connectivity index (χ0n) is 10.6. The van der Waals surface area contributed by atoms with E-state index in [1.54, 1.807) is 0 Å². The van der Waals surface area contributed by atoms with Crippen molar-refractivity contribution in [2.45, 2.75) is 44.8 Å². The van der Waals surface area contributed by atoms with Gasteiger partial charge in [0.05, 0.1) is 5.56 Å². The van der Waals surface area contributed by atoms with Gasteiger partial charge in [0.25, 0.3) is 0 Å². The lowest BCUT2D eigenvalue weighted by molar-refractivity contribution is -0.140. The Morgan fingerprint density at radius 2 is 1.84 bits per heavy atom. The molecule has 1 rings (SSSR count). The van der Waals surface area contributed by atoms with Crippen LogP contribution in [0.25, 0.3) is 0 Å². The van der Waals surface area contributed by atoms with Gasteiger partial charge in [0.1, 0.15) is 5.82 Å². The third kappa shape index (κ3) is 5.37. The standard InChI is InChI=1S/C13H17F4N.ClH/c1-2-3-4-5-12(18)9-6-7-10(11(14)8-9)13(15,16)17;/h6-8,12H,2-5,18H2,1H3;1H/t12-;/m0./s1. The van der Waals surface area contributed by atoms with Crippen molar-refractivity contribution in [3.05, 3.63) is 35.1 Å². The molecule has 0 aliphatic rings. The average Bonchev–Trinajstić information content (AvgIpc) is 2.27. The Morgan fingerprint density at radius 3 is 2.32 bits per heavy atom. The van der Waals surface area contributed by atoms with Gasteiger partial charge in [0.2, 0.25) is 0 Å². The van der Waals surface area contributed by atoms with Crippen LogP contribution < -0.4 is 5.73 Å². The van der Waals surface area contributed by atoms with Crippen LogP contribution in [0, 0.1) is 5.82 Å². The van der Waals surface area contributed by atoms with Crippen LogP contribution in [0.1, 0.15) is 49.8 Å². The number of rotatable bonds is 5. The Balaban J connectivity index is 0.00000324. The van der Waals surface area contributed by atoms with Crippen molar-refractivity contribution in [1.82, 2.24) is 0 Å². The summed E-state index contributed by atoms with van der Waals surface area (Å²) < 4.78 is 50.4.